The van der Waals surface area contributed by atoms with Crippen molar-refractivity contribution in [1.29, 1.82) is 0 Å². The quantitative estimate of drug-likeness (QED) is 0.649. The van der Waals surface area contributed by atoms with E-state index in [1.54, 1.807) is 6.92 Å². The summed E-state index contributed by atoms with van der Waals surface area (Å²) in [6, 6.07) is 0. The normalized spacial score (nSPS) is 13.0. The lowest BCUT2D eigenvalue weighted by atomic mass is 10.1. The minimum absolute atomic E-state index is 0.0942. The number of hydrogen-bond donors (Lipinski definition) is 1. The Morgan fingerprint density at radius 2 is 2.50 bits per heavy atom. The zero-order chi connectivity index (χ0) is 7.56. The Bertz CT molecular complexity index is 217. The SMILES string of the molecule is CC(=O)C(C)c1nnc[nH]1. The summed E-state index contributed by atoms with van der Waals surface area (Å²) >= 11 is 0. The topological polar surface area (TPSA) is 58.6 Å². The standard InChI is InChI=1S/C6H9N3O/c1-4(5(2)10)6-7-3-8-9-6/h3-4H,1-2H3,(H,7,8,9). The van der Waals surface area contributed by atoms with Crippen LogP contribution in [0.4, 0.5) is 0 Å². The summed E-state index contributed by atoms with van der Waals surface area (Å²) in [5.74, 6) is 0.562. The molecule has 1 atom stereocenters. The van der Waals surface area contributed by atoms with Crippen LogP contribution in [0.2, 0.25) is 0 Å². The van der Waals surface area contributed by atoms with Gasteiger partial charge in [-0.2, -0.15) is 0 Å². The minimum Gasteiger partial charge on any atom is -0.331 e. The van der Waals surface area contributed by atoms with E-state index < -0.39 is 0 Å². The summed E-state index contributed by atoms with van der Waals surface area (Å²) in [5, 5.41) is 7.28. The Morgan fingerprint density at radius 3 is 2.90 bits per heavy atom. The van der Waals surface area contributed by atoms with Gasteiger partial charge in [0.25, 0.3) is 0 Å². The summed E-state index contributed by atoms with van der Waals surface area (Å²) < 4.78 is 0. The Hall–Kier alpha value is -1.19. The van der Waals surface area contributed by atoms with Crippen LogP contribution in [0, 0.1) is 0 Å². The molecule has 0 aliphatic heterocycles. The van der Waals surface area contributed by atoms with Crippen LogP contribution in [0.25, 0.3) is 0 Å². The van der Waals surface area contributed by atoms with E-state index in [9.17, 15) is 4.79 Å². The van der Waals surface area contributed by atoms with Crippen molar-refractivity contribution < 1.29 is 4.79 Å². The smallest absolute Gasteiger partial charge is 0.140 e. The lowest BCUT2D eigenvalue weighted by Gasteiger charge is -1.99. The van der Waals surface area contributed by atoms with Gasteiger partial charge in [-0.1, -0.05) is 0 Å². The average molecular weight is 139 g/mol. The Morgan fingerprint density at radius 1 is 1.80 bits per heavy atom. The number of Topliss-reactive ketones (excluding diaryl/α,β-unsaturated/α-hetero) is 1. The number of H-pyrrole nitrogens is 1. The number of ketones is 1. The molecule has 0 spiro atoms. The molecule has 0 aromatic carbocycles. The predicted molar refractivity (Wildman–Crippen MR) is 35.5 cm³/mol. The number of nitrogens with one attached hydrogen (secondary N) is 1. The van der Waals surface area contributed by atoms with E-state index in [-0.39, 0.29) is 11.7 Å². The fourth-order valence-electron chi connectivity index (χ4n) is 0.619. The van der Waals surface area contributed by atoms with Gasteiger partial charge >= 0.3 is 0 Å². The molecule has 0 radical (unpaired) electrons. The van der Waals surface area contributed by atoms with Gasteiger partial charge in [0.2, 0.25) is 0 Å². The van der Waals surface area contributed by atoms with Crippen molar-refractivity contribution in [3.05, 3.63) is 12.2 Å². The Balaban J connectivity index is 2.77. The number of hydrogen-bond acceptors (Lipinski definition) is 3. The van der Waals surface area contributed by atoms with E-state index in [2.05, 4.69) is 15.2 Å². The lowest BCUT2D eigenvalue weighted by Crippen LogP contribution is -2.05. The second-order valence-corrected chi connectivity index (χ2v) is 2.21. The van der Waals surface area contributed by atoms with Crippen LogP contribution in [0.3, 0.4) is 0 Å². The van der Waals surface area contributed by atoms with E-state index in [0.717, 1.165) is 0 Å². The third-order valence-corrected chi connectivity index (χ3v) is 1.46. The molecule has 1 unspecified atom stereocenters. The molecular weight excluding hydrogens is 130 g/mol. The largest absolute Gasteiger partial charge is 0.331 e. The van der Waals surface area contributed by atoms with Crippen molar-refractivity contribution in [2.45, 2.75) is 19.8 Å². The first-order valence-corrected chi connectivity index (χ1v) is 3.08. The summed E-state index contributed by atoms with van der Waals surface area (Å²) in [4.78, 5) is 13.5. The van der Waals surface area contributed by atoms with Crippen molar-refractivity contribution in [3.8, 4) is 0 Å². The number of nitrogens with zero attached hydrogens (tertiary/aromatic N) is 2. The molecule has 0 bridgehead atoms. The van der Waals surface area contributed by atoms with Gasteiger partial charge in [-0.25, -0.2) is 0 Å². The van der Waals surface area contributed by atoms with Gasteiger partial charge < -0.3 is 4.98 Å². The zero-order valence-corrected chi connectivity index (χ0v) is 5.96. The van der Waals surface area contributed by atoms with E-state index in [0.29, 0.717) is 5.82 Å². The molecule has 0 saturated heterocycles. The lowest BCUT2D eigenvalue weighted by molar-refractivity contribution is -0.118. The molecule has 1 rings (SSSR count). The molecule has 0 aliphatic carbocycles. The second kappa shape index (κ2) is 2.60. The first-order chi connectivity index (χ1) is 4.72. The highest BCUT2D eigenvalue weighted by molar-refractivity contribution is 5.81. The predicted octanol–water partition coefficient (Wildman–Crippen LogP) is 0.497. The maximum absolute atomic E-state index is 10.8. The summed E-state index contributed by atoms with van der Waals surface area (Å²) in [6.07, 6.45) is 1.47. The molecule has 4 heteroatoms. The van der Waals surface area contributed by atoms with E-state index in [1.807, 2.05) is 0 Å². The molecule has 4 nitrogen and oxygen atoms in total. The third-order valence-electron chi connectivity index (χ3n) is 1.46. The number of rotatable bonds is 2. The second-order valence-electron chi connectivity index (χ2n) is 2.21. The van der Waals surface area contributed by atoms with Crippen LogP contribution >= 0.6 is 0 Å². The fourth-order valence-corrected chi connectivity index (χ4v) is 0.619. The van der Waals surface area contributed by atoms with Crippen molar-refractivity contribution in [1.82, 2.24) is 15.2 Å². The maximum Gasteiger partial charge on any atom is 0.140 e. The van der Waals surface area contributed by atoms with Gasteiger partial charge in [0.05, 0.1) is 5.92 Å². The molecular formula is C6H9N3O. The van der Waals surface area contributed by atoms with Gasteiger partial charge in [-0.3, -0.25) is 4.79 Å². The van der Waals surface area contributed by atoms with E-state index >= 15 is 0 Å². The van der Waals surface area contributed by atoms with E-state index in [4.69, 9.17) is 0 Å². The van der Waals surface area contributed by atoms with Crippen molar-refractivity contribution in [2.24, 2.45) is 0 Å². The van der Waals surface area contributed by atoms with Crippen molar-refractivity contribution >= 4 is 5.78 Å². The summed E-state index contributed by atoms with van der Waals surface area (Å²) in [7, 11) is 0. The average Bonchev–Trinajstić information content (AvgIpc) is 2.36. The number of carbonyl (C=O) groups is 1. The van der Waals surface area contributed by atoms with Crippen LogP contribution in [-0.2, 0) is 4.79 Å². The highest BCUT2D eigenvalue weighted by atomic mass is 16.1. The van der Waals surface area contributed by atoms with Crippen LogP contribution in [0.5, 0.6) is 0 Å². The van der Waals surface area contributed by atoms with Crippen LogP contribution in [0.1, 0.15) is 25.6 Å². The molecule has 1 aromatic heterocycles. The molecule has 0 saturated carbocycles. The van der Waals surface area contributed by atoms with Gasteiger partial charge in [-0.15, -0.1) is 10.2 Å². The van der Waals surface area contributed by atoms with Crippen molar-refractivity contribution in [2.75, 3.05) is 0 Å². The van der Waals surface area contributed by atoms with Gasteiger partial charge in [0.15, 0.2) is 0 Å². The zero-order valence-electron chi connectivity index (χ0n) is 5.96. The molecule has 0 amide bonds. The molecule has 1 aromatic rings. The number of carbonyl (C=O) groups excluding carboxylic acids is 1. The van der Waals surface area contributed by atoms with Gasteiger partial charge in [0.1, 0.15) is 17.9 Å². The Kier molecular flexibility index (Phi) is 1.80. The molecule has 0 fully saturated rings. The first kappa shape index (κ1) is 6.92. The molecule has 10 heavy (non-hydrogen) atoms. The first-order valence-electron chi connectivity index (χ1n) is 3.08. The van der Waals surface area contributed by atoms with E-state index in [1.165, 1.54) is 13.3 Å². The van der Waals surface area contributed by atoms with Gasteiger partial charge in [-0.05, 0) is 13.8 Å². The molecule has 1 N–H and O–H groups in total. The van der Waals surface area contributed by atoms with Crippen LogP contribution < -0.4 is 0 Å². The van der Waals surface area contributed by atoms with Crippen LogP contribution in [-0.4, -0.2) is 21.0 Å². The van der Waals surface area contributed by atoms with Crippen molar-refractivity contribution in [3.63, 3.8) is 0 Å². The highest BCUT2D eigenvalue weighted by Gasteiger charge is 2.12. The monoisotopic (exact) mass is 139 g/mol. The summed E-state index contributed by atoms with van der Waals surface area (Å²) in [5.41, 5.74) is 0. The molecule has 1 heterocycles. The maximum atomic E-state index is 10.8. The Labute approximate surface area is 58.7 Å². The fraction of sp³-hybridized carbons (Fsp3) is 0.500. The summed E-state index contributed by atoms with van der Waals surface area (Å²) in [6.45, 7) is 3.33. The highest BCUT2D eigenvalue weighted by Crippen LogP contribution is 2.08. The van der Waals surface area contributed by atoms with Gasteiger partial charge in [0, 0.05) is 0 Å². The minimum atomic E-state index is -0.164. The number of aromatic amines is 1. The third kappa shape index (κ3) is 1.21. The molecule has 0 aliphatic rings. The van der Waals surface area contributed by atoms with Crippen LogP contribution in [0.15, 0.2) is 6.33 Å². The number of aromatic nitrogens is 3. The molecule has 54 valence electrons.